The summed E-state index contributed by atoms with van der Waals surface area (Å²) >= 11 is 1.99. The van der Waals surface area contributed by atoms with Gasteiger partial charge in [0.2, 0.25) is 0 Å². The van der Waals surface area contributed by atoms with Crippen LogP contribution in [0.25, 0.3) is 0 Å². The van der Waals surface area contributed by atoms with Gasteiger partial charge in [-0.25, -0.2) is 0 Å². The van der Waals surface area contributed by atoms with Crippen LogP contribution in [0.1, 0.15) is 33.1 Å². The Morgan fingerprint density at radius 2 is 2.14 bits per heavy atom. The molecule has 0 spiro atoms. The predicted molar refractivity (Wildman–Crippen MR) is 63.8 cm³/mol. The van der Waals surface area contributed by atoms with Gasteiger partial charge in [0.05, 0.1) is 0 Å². The molecule has 0 amide bonds. The molecule has 1 fully saturated rings. The van der Waals surface area contributed by atoms with Gasteiger partial charge in [-0.15, -0.1) is 0 Å². The molecule has 2 unspecified atom stereocenters. The van der Waals surface area contributed by atoms with Gasteiger partial charge in [0.25, 0.3) is 0 Å². The van der Waals surface area contributed by atoms with Gasteiger partial charge >= 0.3 is 0 Å². The first-order chi connectivity index (χ1) is 6.57. The second-order valence-corrected chi connectivity index (χ2v) is 6.21. The minimum Gasteiger partial charge on any atom is -0.396 e. The Labute approximate surface area is 91.9 Å². The van der Waals surface area contributed by atoms with Crippen LogP contribution in [-0.4, -0.2) is 35.8 Å². The first kappa shape index (κ1) is 12.3. The number of thioether (sulfide) groups is 1. The molecule has 0 aromatic rings. The van der Waals surface area contributed by atoms with E-state index in [1.165, 1.54) is 19.3 Å². The first-order valence-electron chi connectivity index (χ1n) is 5.44. The van der Waals surface area contributed by atoms with E-state index in [9.17, 15) is 0 Å². The van der Waals surface area contributed by atoms with Crippen molar-refractivity contribution < 1.29 is 5.11 Å². The number of hydrogen-bond donors (Lipinski definition) is 2. The molecule has 0 bridgehead atoms. The summed E-state index contributed by atoms with van der Waals surface area (Å²) in [5.41, 5.74) is 0.0252. The molecule has 1 aliphatic carbocycles. The zero-order chi connectivity index (χ0) is 10.6. The molecule has 84 valence electrons. The van der Waals surface area contributed by atoms with E-state index < -0.39 is 0 Å². The SMILES string of the molecule is CSC1CCC(NCC(C)(C)CO)C1. The van der Waals surface area contributed by atoms with Crippen LogP contribution in [0.5, 0.6) is 0 Å². The third-order valence-corrected chi connectivity index (χ3v) is 4.11. The monoisotopic (exact) mass is 217 g/mol. The van der Waals surface area contributed by atoms with Gasteiger partial charge in [-0.2, -0.15) is 11.8 Å². The van der Waals surface area contributed by atoms with E-state index in [1.807, 2.05) is 11.8 Å². The van der Waals surface area contributed by atoms with E-state index >= 15 is 0 Å². The fraction of sp³-hybridized carbons (Fsp3) is 1.00. The lowest BCUT2D eigenvalue weighted by atomic mass is 9.94. The van der Waals surface area contributed by atoms with Crippen molar-refractivity contribution in [1.82, 2.24) is 5.32 Å². The van der Waals surface area contributed by atoms with E-state index in [2.05, 4.69) is 25.4 Å². The highest BCUT2D eigenvalue weighted by Gasteiger charge is 2.25. The molecule has 14 heavy (non-hydrogen) atoms. The zero-order valence-corrected chi connectivity index (χ0v) is 10.4. The van der Waals surface area contributed by atoms with E-state index in [-0.39, 0.29) is 12.0 Å². The van der Waals surface area contributed by atoms with E-state index in [1.54, 1.807) is 0 Å². The zero-order valence-electron chi connectivity index (χ0n) is 9.55. The topological polar surface area (TPSA) is 32.3 Å². The fourth-order valence-corrected chi connectivity index (χ4v) is 2.61. The molecule has 0 saturated heterocycles. The molecule has 0 aliphatic heterocycles. The Kier molecular flexibility index (Phi) is 4.74. The molecule has 2 atom stereocenters. The van der Waals surface area contributed by atoms with Gasteiger partial charge in [-0.3, -0.25) is 0 Å². The maximum atomic E-state index is 9.12. The van der Waals surface area contributed by atoms with Crippen LogP contribution < -0.4 is 5.32 Å². The Bertz CT molecular complexity index is 173. The lowest BCUT2D eigenvalue weighted by Gasteiger charge is -2.24. The van der Waals surface area contributed by atoms with Crippen LogP contribution in [0.15, 0.2) is 0 Å². The molecule has 1 saturated carbocycles. The molecule has 0 radical (unpaired) electrons. The Hall–Kier alpha value is 0.270. The van der Waals surface area contributed by atoms with Crippen LogP contribution in [0.4, 0.5) is 0 Å². The first-order valence-corrected chi connectivity index (χ1v) is 6.73. The Morgan fingerprint density at radius 1 is 1.43 bits per heavy atom. The smallest absolute Gasteiger partial charge is 0.0494 e. The summed E-state index contributed by atoms with van der Waals surface area (Å²) in [5, 5.41) is 13.5. The highest BCUT2D eigenvalue weighted by Crippen LogP contribution is 2.28. The highest BCUT2D eigenvalue weighted by molar-refractivity contribution is 7.99. The van der Waals surface area contributed by atoms with Crippen molar-refractivity contribution in [3.63, 3.8) is 0 Å². The lowest BCUT2D eigenvalue weighted by molar-refractivity contribution is 0.153. The van der Waals surface area contributed by atoms with Crippen LogP contribution >= 0.6 is 11.8 Å². The minimum atomic E-state index is 0.0252. The van der Waals surface area contributed by atoms with Gasteiger partial charge < -0.3 is 10.4 Å². The average Bonchev–Trinajstić information content (AvgIpc) is 2.63. The largest absolute Gasteiger partial charge is 0.396 e. The molecule has 3 heteroatoms. The number of nitrogens with one attached hydrogen (secondary N) is 1. The summed E-state index contributed by atoms with van der Waals surface area (Å²) in [6.07, 6.45) is 6.14. The average molecular weight is 217 g/mol. The normalized spacial score (nSPS) is 28.3. The molecule has 0 aromatic carbocycles. The van der Waals surface area contributed by atoms with Crippen LogP contribution in [0, 0.1) is 5.41 Å². The summed E-state index contributed by atoms with van der Waals surface area (Å²) < 4.78 is 0. The molecule has 1 aliphatic rings. The number of rotatable bonds is 5. The lowest BCUT2D eigenvalue weighted by Crippen LogP contribution is -2.37. The predicted octanol–water partition coefficient (Wildman–Crippen LogP) is 1.88. The molecular weight excluding hydrogens is 194 g/mol. The number of aliphatic hydroxyl groups excluding tert-OH is 1. The van der Waals surface area contributed by atoms with Gasteiger partial charge in [-0.05, 0) is 25.5 Å². The van der Waals surface area contributed by atoms with Crippen molar-refractivity contribution >= 4 is 11.8 Å². The van der Waals surface area contributed by atoms with Crippen molar-refractivity contribution in [2.24, 2.45) is 5.41 Å². The molecular formula is C11H23NOS. The maximum Gasteiger partial charge on any atom is 0.0494 e. The van der Waals surface area contributed by atoms with Crippen molar-refractivity contribution in [2.75, 3.05) is 19.4 Å². The van der Waals surface area contributed by atoms with Crippen molar-refractivity contribution in [2.45, 2.75) is 44.4 Å². The summed E-state index contributed by atoms with van der Waals surface area (Å²) in [6.45, 7) is 5.38. The fourth-order valence-electron chi connectivity index (χ4n) is 1.82. The van der Waals surface area contributed by atoms with E-state index in [4.69, 9.17) is 5.11 Å². The van der Waals surface area contributed by atoms with E-state index in [0.29, 0.717) is 6.04 Å². The van der Waals surface area contributed by atoms with Gasteiger partial charge in [0.1, 0.15) is 0 Å². The Morgan fingerprint density at radius 3 is 2.64 bits per heavy atom. The summed E-state index contributed by atoms with van der Waals surface area (Å²) in [7, 11) is 0. The molecule has 1 rings (SSSR count). The molecule has 0 heterocycles. The van der Waals surface area contributed by atoms with Crippen molar-refractivity contribution in [3.8, 4) is 0 Å². The van der Waals surface area contributed by atoms with Gasteiger partial charge in [0, 0.05) is 29.9 Å². The van der Waals surface area contributed by atoms with Crippen LogP contribution in [0.3, 0.4) is 0 Å². The third-order valence-electron chi connectivity index (χ3n) is 3.02. The summed E-state index contributed by atoms with van der Waals surface area (Å²) in [6, 6.07) is 0.679. The number of aliphatic hydroxyl groups is 1. The molecule has 0 aromatic heterocycles. The second kappa shape index (κ2) is 5.38. The van der Waals surface area contributed by atoms with E-state index in [0.717, 1.165) is 11.8 Å². The van der Waals surface area contributed by atoms with Crippen molar-refractivity contribution in [1.29, 1.82) is 0 Å². The quantitative estimate of drug-likeness (QED) is 0.737. The summed E-state index contributed by atoms with van der Waals surface area (Å²) in [4.78, 5) is 0. The van der Waals surface area contributed by atoms with Crippen molar-refractivity contribution in [3.05, 3.63) is 0 Å². The van der Waals surface area contributed by atoms with Crippen LogP contribution in [-0.2, 0) is 0 Å². The third kappa shape index (κ3) is 3.79. The molecule has 2 N–H and O–H groups in total. The van der Waals surface area contributed by atoms with Gasteiger partial charge in [0.15, 0.2) is 0 Å². The highest BCUT2D eigenvalue weighted by atomic mass is 32.2. The molecule has 2 nitrogen and oxygen atoms in total. The minimum absolute atomic E-state index is 0.0252. The maximum absolute atomic E-state index is 9.12. The van der Waals surface area contributed by atoms with Gasteiger partial charge in [-0.1, -0.05) is 13.8 Å². The standard InChI is InChI=1S/C11H23NOS/c1-11(2,8-13)7-12-9-4-5-10(6-9)14-3/h9-10,12-13H,4-8H2,1-3H3. The number of hydrogen-bond acceptors (Lipinski definition) is 3. The second-order valence-electron chi connectivity index (χ2n) is 5.07. The Balaban J connectivity index is 2.20. The van der Waals surface area contributed by atoms with Crippen LogP contribution in [0.2, 0.25) is 0 Å². The summed E-state index contributed by atoms with van der Waals surface area (Å²) in [5.74, 6) is 0.